The molecule has 4 heteroatoms. The molecule has 1 amide bonds. The predicted octanol–water partition coefficient (Wildman–Crippen LogP) is 3.26. The Balaban J connectivity index is 1.81. The Hall–Kier alpha value is -2.88. The van der Waals surface area contributed by atoms with Gasteiger partial charge in [0.2, 0.25) is 0 Å². The van der Waals surface area contributed by atoms with Gasteiger partial charge >= 0.3 is 0 Å². The van der Waals surface area contributed by atoms with Crippen LogP contribution in [0.4, 0.5) is 5.69 Å². The summed E-state index contributed by atoms with van der Waals surface area (Å²) < 4.78 is 1.62. The monoisotopic (exact) mass is 291 g/mol. The Morgan fingerprint density at radius 1 is 1.05 bits per heavy atom. The van der Waals surface area contributed by atoms with Crippen LogP contribution in [0.2, 0.25) is 0 Å². The van der Waals surface area contributed by atoms with Gasteiger partial charge in [0, 0.05) is 18.9 Å². The summed E-state index contributed by atoms with van der Waals surface area (Å²) in [5.74, 6) is -0.193. The largest absolute Gasteiger partial charge is 0.320 e. The van der Waals surface area contributed by atoms with Crippen LogP contribution < -0.4 is 5.32 Å². The van der Waals surface area contributed by atoms with Crippen molar-refractivity contribution in [3.05, 3.63) is 83.7 Å². The molecule has 0 atom stereocenters. The second-order valence-corrected chi connectivity index (χ2v) is 5.15. The number of hydrogen-bond acceptors (Lipinski definition) is 2. The number of carbonyl (C=O) groups is 1. The Labute approximate surface area is 129 Å². The van der Waals surface area contributed by atoms with Crippen molar-refractivity contribution in [3.63, 3.8) is 0 Å². The fourth-order valence-corrected chi connectivity index (χ4v) is 2.33. The van der Waals surface area contributed by atoms with Crippen molar-refractivity contribution < 1.29 is 4.79 Å². The molecule has 3 rings (SSSR count). The lowest BCUT2D eigenvalue weighted by molar-refractivity contribution is 0.102. The zero-order valence-electron chi connectivity index (χ0n) is 12.4. The first-order chi connectivity index (χ1) is 10.7. The van der Waals surface area contributed by atoms with Gasteiger partial charge in [0.25, 0.3) is 5.91 Å². The molecule has 110 valence electrons. The Morgan fingerprint density at radius 3 is 2.50 bits per heavy atom. The highest BCUT2D eigenvalue weighted by Gasteiger charge is 2.11. The number of amides is 1. The maximum Gasteiger partial charge on any atom is 0.276 e. The van der Waals surface area contributed by atoms with E-state index >= 15 is 0 Å². The molecule has 0 unspecified atom stereocenters. The maximum absolute atomic E-state index is 12.2. The van der Waals surface area contributed by atoms with Gasteiger partial charge in [-0.05, 0) is 29.7 Å². The van der Waals surface area contributed by atoms with Gasteiger partial charge in [-0.3, -0.25) is 9.48 Å². The number of rotatable bonds is 4. The molecule has 0 spiro atoms. The van der Waals surface area contributed by atoms with E-state index in [1.807, 2.05) is 42.5 Å². The zero-order chi connectivity index (χ0) is 15.4. The molecule has 0 aliphatic heterocycles. The quantitative estimate of drug-likeness (QED) is 0.802. The highest BCUT2D eigenvalue weighted by Crippen LogP contribution is 2.19. The van der Waals surface area contributed by atoms with E-state index in [0.29, 0.717) is 5.69 Å². The first-order valence-electron chi connectivity index (χ1n) is 7.15. The van der Waals surface area contributed by atoms with E-state index < -0.39 is 0 Å². The third-order valence-electron chi connectivity index (χ3n) is 3.45. The number of aromatic nitrogens is 2. The zero-order valence-corrected chi connectivity index (χ0v) is 12.4. The number of anilines is 1. The van der Waals surface area contributed by atoms with Crippen molar-refractivity contribution >= 4 is 11.6 Å². The average molecular weight is 291 g/mol. The smallest absolute Gasteiger partial charge is 0.276 e. The van der Waals surface area contributed by atoms with Gasteiger partial charge in [-0.15, -0.1) is 0 Å². The Bertz CT molecular complexity index is 778. The second-order valence-electron chi connectivity index (χ2n) is 5.15. The van der Waals surface area contributed by atoms with Crippen LogP contribution >= 0.6 is 0 Å². The summed E-state index contributed by atoms with van der Waals surface area (Å²) in [4.78, 5) is 12.2. The van der Waals surface area contributed by atoms with Gasteiger partial charge < -0.3 is 5.32 Å². The topological polar surface area (TPSA) is 46.9 Å². The van der Waals surface area contributed by atoms with Crippen LogP contribution in [0.5, 0.6) is 0 Å². The summed E-state index contributed by atoms with van der Waals surface area (Å²) in [5.41, 5.74) is 3.53. The number of nitrogens with zero attached hydrogens (tertiary/aromatic N) is 2. The van der Waals surface area contributed by atoms with E-state index in [1.165, 1.54) is 5.56 Å². The number of para-hydroxylation sites is 1. The predicted molar refractivity (Wildman–Crippen MR) is 86.9 cm³/mol. The summed E-state index contributed by atoms with van der Waals surface area (Å²) >= 11 is 0. The SMILES string of the molecule is Cn1ccc(C(=O)Nc2ccccc2Cc2ccccc2)n1. The minimum atomic E-state index is -0.193. The van der Waals surface area contributed by atoms with Crippen LogP contribution in [-0.2, 0) is 13.5 Å². The molecule has 0 aliphatic carbocycles. The molecule has 0 radical (unpaired) electrons. The molecule has 1 aromatic heterocycles. The van der Waals surface area contributed by atoms with Crippen molar-refractivity contribution in [1.82, 2.24) is 9.78 Å². The highest BCUT2D eigenvalue weighted by atomic mass is 16.1. The van der Waals surface area contributed by atoms with Crippen molar-refractivity contribution in [3.8, 4) is 0 Å². The number of benzene rings is 2. The highest BCUT2D eigenvalue weighted by molar-refractivity contribution is 6.03. The molecular formula is C18H17N3O. The second kappa shape index (κ2) is 6.26. The summed E-state index contributed by atoms with van der Waals surface area (Å²) in [5, 5.41) is 7.07. The van der Waals surface area contributed by atoms with Crippen LogP contribution in [0.1, 0.15) is 21.6 Å². The molecule has 0 bridgehead atoms. The molecule has 4 nitrogen and oxygen atoms in total. The van der Waals surface area contributed by atoms with Gasteiger partial charge in [0.05, 0.1) is 0 Å². The van der Waals surface area contributed by atoms with E-state index in [2.05, 4.69) is 22.5 Å². The molecule has 22 heavy (non-hydrogen) atoms. The maximum atomic E-state index is 12.2. The molecule has 1 heterocycles. The first kappa shape index (κ1) is 14.1. The summed E-state index contributed by atoms with van der Waals surface area (Å²) in [6.45, 7) is 0. The molecular weight excluding hydrogens is 274 g/mol. The van der Waals surface area contributed by atoms with Crippen LogP contribution in [0.3, 0.4) is 0 Å². The van der Waals surface area contributed by atoms with E-state index in [9.17, 15) is 4.79 Å². The van der Waals surface area contributed by atoms with Crippen LogP contribution in [0.15, 0.2) is 66.9 Å². The van der Waals surface area contributed by atoms with E-state index in [0.717, 1.165) is 17.7 Å². The average Bonchev–Trinajstić information content (AvgIpc) is 2.97. The molecule has 1 N–H and O–H groups in total. The van der Waals surface area contributed by atoms with Gasteiger partial charge in [0.15, 0.2) is 5.69 Å². The Kier molecular flexibility index (Phi) is 4.01. The summed E-state index contributed by atoms with van der Waals surface area (Å²) in [6.07, 6.45) is 2.53. The van der Waals surface area contributed by atoms with Crippen molar-refractivity contribution in [2.24, 2.45) is 7.05 Å². The van der Waals surface area contributed by atoms with Crippen molar-refractivity contribution in [2.45, 2.75) is 6.42 Å². The van der Waals surface area contributed by atoms with E-state index in [4.69, 9.17) is 0 Å². The molecule has 0 saturated heterocycles. The minimum absolute atomic E-state index is 0.193. The van der Waals surface area contributed by atoms with Crippen molar-refractivity contribution in [2.75, 3.05) is 5.32 Å². The normalized spacial score (nSPS) is 10.4. The molecule has 0 aliphatic rings. The fourth-order valence-electron chi connectivity index (χ4n) is 2.33. The van der Waals surface area contributed by atoms with Gasteiger partial charge in [0.1, 0.15) is 0 Å². The number of carbonyl (C=O) groups excluding carboxylic acids is 1. The lowest BCUT2D eigenvalue weighted by Crippen LogP contribution is -2.14. The molecule has 0 saturated carbocycles. The number of nitrogens with one attached hydrogen (secondary N) is 1. The van der Waals surface area contributed by atoms with Crippen molar-refractivity contribution in [1.29, 1.82) is 0 Å². The van der Waals surface area contributed by atoms with E-state index in [1.54, 1.807) is 24.0 Å². The fraction of sp³-hybridized carbons (Fsp3) is 0.111. The standard InChI is InChI=1S/C18H17N3O/c1-21-12-11-17(20-21)18(22)19-16-10-6-5-9-15(16)13-14-7-3-2-4-8-14/h2-12H,13H2,1H3,(H,19,22). The lowest BCUT2D eigenvalue weighted by atomic mass is 10.0. The molecule has 0 fully saturated rings. The lowest BCUT2D eigenvalue weighted by Gasteiger charge is -2.10. The van der Waals surface area contributed by atoms with Crippen LogP contribution in [0, 0.1) is 0 Å². The Morgan fingerprint density at radius 2 is 1.77 bits per heavy atom. The number of hydrogen-bond donors (Lipinski definition) is 1. The number of aryl methyl sites for hydroxylation is 1. The van der Waals surface area contributed by atoms with Crippen LogP contribution in [0.25, 0.3) is 0 Å². The van der Waals surface area contributed by atoms with Gasteiger partial charge in [-0.2, -0.15) is 5.10 Å². The summed E-state index contributed by atoms with van der Waals surface area (Å²) in [6, 6.07) is 19.7. The van der Waals surface area contributed by atoms with E-state index in [-0.39, 0.29) is 5.91 Å². The molecule has 2 aromatic carbocycles. The molecule has 3 aromatic rings. The van der Waals surface area contributed by atoms with Gasteiger partial charge in [-0.1, -0.05) is 48.5 Å². The third kappa shape index (κ3) is 3.23. The third-order valence-corrected chi connectivity index (χ3v) is 3.45. The first-order valence-corrected chi connectivity index (χ1v) is 7.15. The van der Waals surface area contributed by atoms with Gasteiger partial charge in [-0.25, -0.2) is 0 Å². The summed E-state index contributed by atoms with van der Waals surface area (Å²) in [7, 11) is 1.79. The van der Waals surface area contributed by atoms with Crippen LogP contribution in [-0.4, -0.2) is 15.7 Å². The minimum Gasteiger partial charge on any atom is -0.320 e.